The molecular formula is C30H42N6O8S. The number of nitrogens with zero attached hydrogens (tertiary/aromatic N) is 3. The molecule has 1 aliphatic carbocycles. The molecule has 3 N–H and O–H groups in total. The number of alkyl carbamates (subject to hydrolysis) is 1. The monoisotopic (exact) mass is 646 g/mol. The van der Waals surface area contributed by atoms with Crippen LogP contribution in [0.1, 0.15) is 92.9 Å². The molecule has 3 heterocycles. The summed E-state index contributed by atoms with van der Waals surface area (Å²) in [5, 5.41) is 8.43. The minimum Gasteiger partial charge on any atom is -0.444 e. The first kappa shape index (κ1) is 32.8. The Kier molecular flexibility index (Phi) is 9.25. The molecule has 5 rings (SSSR count). The number of imide groups is 2. The van der Waals surface area contributed by atoms with Gasteiger partial charge in [-0.2, -0.15) is 17.0 Å². The van der Waals surface area contributed by atoms with Crippen LogP contribution in [-0.2, 0) is 24.5 Å². The molecule has 2 saturated heterocycles. The first-order valence-electron chi connectivity index (χ1n) is 15.5. The van der Waals surface area contributed by atoms with Crippen LogP contribution in [0.25, 0.3) is 0 Å². The van der Waals surface area contributed by atoms with Gasteiger partial charge in [-0.15, -0.1) is 0 Å². The number of nitrogens with one attached hydrogen (secondary N) is 3. The molecule has 45 heavy (non-hydrogen) atoms. The van der Waals surface area contributed by atoms with Crippen LogP contribution in [0.3, 0.4) is 0 Å². The highest BCUT2D eigenvalue weighted by molar-refractivity contribution is 7.86. The number of ether oxygens (including phenoxy) is 1. The molecule has 1 aromatic rings. The lowest BCUT2D eigenvalue weighted by atomic mass is 9.91. The first-order chi connectivity index (χ1) is 21.2. The molecule has 1 atom stereocenters. The Balaban J connectivity index is 1.15. The molecule has 3 fully saturated rings. The third-order valence-electron chi connectivity index (χ3n) is 8.90. The van der Waals surface area contributed by atoms with Crippen molar-refractivity contribution in [1.82, 2.24) is 24.1 Å². The first-order valence-corrected chi connectivity index (χ1v) is 16.9. The van der Waals surface area contributed by atoms with Crippen molar-refractivity contribution in [1.29, 1.82) is 0 Å². The maximum Gasteiger partial charge on any atom is 0.407 e. The number of benzene rings is 1. The predicted molar refractivity (Wildman–Crippen MR) is 163 cm³/mol. The Hall–Kier alpha value is -3.56. The fourth-order valence-electron chi connectivity index (χ4n) is 6.51. The maximum absolute atomic E-state index is 13.5. The highest BCUT2D eigenvalue weighted by atomic mass is 32.2. The molecule has 4 aliphatic rings. The lowest BCUT2D eigenvalue weighted by Crippen LogP contribution is -2.54. The molecule has 0 bridgehead atoms. The summed E-state index contributed by atoms with van der Waals surface area (Å²) in [6.07, 6.45) is 3.12. The third-order valence-corrected chi connectivity index (χ3v) is 10.9. The van der Waals surface area contributed by atoms with Crippen LogP contribution < -0.4 is 16.0 Å². The van der Waals surface area contributed by atoms with Crippen LogP contribution in [-0.4, -0.2) is 102 Å². The van der Waals surface area contributed by atoms with Crippen LogP contribution in [0, 0.1) is 0 Å². The largest absolute Gasteiger partial charge is 0.444 e. The Bertz CT molecular complexity index is 1480. The van der Waals surface area contributed by atoms with Gasteiger partial charge in [-0.3, -0.25) is 29.4 Å². The number of amides is 5. The van der Waals surface area contributed by atoms with E-state index in [0.29, 0.717) is 57.3 Å². The zero-order valence-corrected chi connectivity index (χ0v) is 26.9. The smallest absolute Gasteiger partial charge is 0.407 e. The van der Waals surface area contributed by atoms with Gasteiger partial charge < -0.3 is 15.4 Å². The van der Waals surface area contributed by atoms with Gasteiger partial charge in [0.2, 0.25) is 11.8 Å². The molecule has 1 unspecified atom stereocenters. The van der Waals surface area contributed by atoms with E-state index >= 15 is 0 Å². The van der Waals surface area contributed by atoms with Crippen molar-refractivity contribution >= 4 is 45.6 Å². The van der Waals surface area contributed by atoms with Crippen LogP contribution in [0.4, 0.5) is 10.5 Å². The van der Waals surface area contributed by atoms with Gasteiger partial charge in [-0.25, -0.2) is 4.79 Å². The molecule has 0 radical (unpaired) electrons. The number of anilines is 1. The minimum atomic E-state index is -3.70. The summed E-state index contributed by atoms with van der Waals surface area (Å²) in [4.78, 5) is 63.6. The SMILES string of the molecule is CN(C1CCC(Nc2cccc3c2C(=O)N(C2CCC(=O)NC2=O)C3=O)CC1)S(=O)(=O)N1CCC(NC(=O)OC(C)(C)C)CC1. The van der Waals surface area contributed by atoms with E-state index in [1.54, 1.807) is 46.0 Å². The quantitative estimate of drug-likeness (QED) is 0.374. The van der Waals surface area contributed by atoms with Crippen molar-refractivity contribution in [3.8, 4) is 0 Å². The number of piperidine rings is 2. The fraction of sp³-hybridized carbons (Fsp3) is 0.633. The molecule has 0 aromatic heterocycles. The van der Waals surface area contributed by atoms with E-state index in [1.165, 1.54) is 8.61 Å². The topological polar surface area (TPSA) is 175 Å². The Morgan fingerprint density at radius 3 is 2.24 bits per heavy atom. The zero-order chi connectivity index (χ0) is 32.7. The predicted octanol–water partition coefficient (Wildman–Crippen LogP) is 1.98. The lowest BCUT2D eigenvalue weighted by molar-refractivity contribution is -0.136. The van der Waals surface area contributed by atoms with Crippen molar-refractivity contribution in [2.45, 2.75) is 102 Å². The van der Waals surface area contributed by atoms with Gasteiger partial charge in [0.1, 0.15) is 11.6 Å². The van der Waals surface area contributed by atoms with Crippen molar-refractivity contribution in [2.75, 3.05) is 25.5 Å². The average Bonchev–Trinajstić information content (AvgIpc) is 3.22. The Labute approximate surface area is 263 Å². The van der Waals surface area contributed by atoms with Crippen LogP contribution in [0.5, 0.6) is 0 Å². The molecule has 0 spiro atoms. The van der Waals surface area contributed by atoms with Gasteiger partial charge in [-0.05, 0) is 77.8 Å². The van der Waals surface area contributed by atoms with Gasteiger partial charge in [-0.1, -0.05) is 6.07 Å². The van der Waals surface area contributed by atoms with Crippen molar-refractivity contribution < 1.29 is 37.1 Å². The number of hydrogen-bond acceptors (Lipinski definition) is 9. The van der Waals surface area contributed by atoms with Gasteiger partial charge in [0.05, 0.1) is 11.1 Å². The van der Waals surface area contributed by atoms with Crippen LogP contribution in [0.2, 0.25) is 0 Å². The molecule has 14 nitrogen and oxygen atoms in total. The lowest BCUT2D eigenvalue weighted by Gasteiger charge is -2.39. The standard InChI is InChI=1S/C30H42N6O8S/c1-30(2,3)44-29(41)32-19-14-16-35(17-15-19)45(42,43)34(4)20-10-8-18(9-11-20)31-22-7-5-6-21-25(22)28(40)36(27(21)39)23-12-13-24(37)33-26(23)38/h5-7,18-20,23,31H,8-17H2,1-4H3,(H,32,41)(H,33,37,38). The Morgan fingerprint density at radius 1 is 0.956 bits per heavy atom. The molecule has 15 heteroatoms. The molecule has 3 aliphatic heterocycles. The number of hydrogen-bond donors (Lipinski definition) is 3. The van der Waals surface area contributed by atoms with E-state index in [-0.39, 0.29) is 42.1 Å². The summed E-state index contributed by atoms with van der Waals surface area (Å²) >= 11 is 0. The number of carbonyl (C=O) groups excluding carboxylic acids is 5. The van der Waals surface area contributed by atoms with E-state index in [2.05, 4.69) is 16.0 Å². The number of carbonyl (C=O) groups is 5. The second kappa shape index (κ2) is 12.7. The van der Waals surface area contributed by atoms with Crippen molar-refractivity contribution in [3.63, 3.8) is 0 Å². The molecule has 1 saturated carbocycles. The third kappa shape index (κ3) is 6.99. The van der Waals surface area contributed by atoms with Crippen molar-refractivity contribution in [3.05, 3.63) is 29.3 Å². The zero-order valence-electron chi connectivity index (χ0n) is 26.1. The summed E-state index contributed by atoms with van der Waals surface area (Å²) in [5.74, 6) is -2.22. The number of rotatable bonds is 7. The number of fused-ring (bicyclic) bond motifs is 1. The Morgan fingerprint density at radius 2 is 1.62 bits per heavy atom. The highest BCUT2D eigenvalue weighted by Gasteiger charge is 2.46. The van der Waals surface area contributed by atoms with Gasteiger partial charge in [0, 0.05) is 50.4 Å². The van der Waals surface area contributed by atoms with E-state index < -0.39 is 51.6 Å². The normalized spacial score (nSPS) is 25.3. The van der Waals surface area contributed by atoms with Crippen LogP contribution in [0.15, 0.2) is 18.2 Å². The second-order valence-corrected chi connectivity index (χ2v) is 15.2. The fourth-order valence-corrected chi connectivity index (χ4v) is 8.14. The van der Waals surface area contributed by atoms with E-state index in [4.69, 9.17) is 4.74 Å². The van der Waals surface area contributed by atoms with Gasteiger partial charge in [0.25, 0.3) is 22.0 Å². The molecular weight excluding hydrogens is 604 g/mol. The van der Waals surface area contributed by atoms with Crippen molar-refractivity contribution in [2.24, 2.45) is 0 Å². The van der Waals surface area contributed by atoms with Crippen LogP contribution >= 0.6 is 0 Å². The summed E-state index contributed by atoms with van der Waals surface area (Å²) in [7, 11) is -2.10. The second-order valence-electron chi connectivity index (χ2n) is 13.2. The van der Waals surface area contributed by atoms with Gasteiger partial charge >= 0.3 is 6.09 Å². The summed E-state index contributed by atoms with van der Waals surface area (Å²) in [5.41, 5.74) is 0.299. The van der Waals surface area contributed by atoms with E-state index in [0.717, 1.165) is 4.90 Å². The minimum absolute atomic E-state index is 0.0475. The summed E-state index contributed by atoms with van der Waals surface area (Å²) < 4.78 is 35.2. The highest BCUT2D eigenvalue weighted by Crippen LogP contribution is 2.35. The summed E-state index contributed by atoms with van der Waals surface area (Å²) in [6.45, 7) is 5.96. The van der Waals surface area contributed by atoms with E-state index in [9.17, 15) is 32.4 Å². The van der Waals surface area contributed by atoms with E-state index in [1.807, 2.05) is 0 Å². The molecule has 5 amide bonds. The van der Waals surface area contributed by atoms with Gasteiger partial charge in [0.15, 0.2) is 0 Å². The average molecular weight is 647 g/mol. The molecule has 1 aromatic carbocycles. The molecule has 246 valence electrons. The summed E-state index contributed by atoms with van der Waals surface area (Å²) in [6, 6.07) is 3.52. The maximum atomic E-state index is 13.5.